The quantitative estimate of drug-likeness (QED) is 0.435. The lowest BCUT2D eigenvalue weighted by Gasteiger charge is -2.26. The summed E-state index contributed by atoms with van der Waals surface area (Å²) in [5.41, 5.74) is 4.75. The van der Waals surface area contributed by atoms with Gasteiger partial charge in [0.2, 0.25) is 0 Å². The van der Waals surface area contributed by atoms with Gasteiger partial charge in [-0.3, -0.25) is 4.98 Å². The first kappa shape index (κ1) is 15.6. The Hall–Kier alpha value is -2.93. The Morgan fingerprint density at radius 2 is 1.32 bits per heavy atom. The van der Waals surface area contributed by atoms with E-state index in [1.165, 1.54) is 21.9 Å². The van der Waals surface area contributed by atoms with E-state index in [9.17, 15) is 0 Å². The molecule has 0 aliphatic heterocycles. The fourth-order valence-electron chi connectivity index (χ4n) is 3.33. The van der Waals surface area contributed by atoms with Crippen LogP contribution in [0, 0.1) is 0 Å². The van der Waals surface area contributed by atoms with Crippen LogP contribution in [0.15, 0.2) is 91.1 Å². The van der Waals surface area contributed by atoms with Crippen molar-refractivity contribution in [3.05, 3.63) is 102 Å². The fourth-order valence-corrected chi connectivity index (χ4v) is 3.33. The van der Waals surface area contributed by atoms with E-state index in [0.29, 0.717) is 0 Å². The molecule has 0 aliphatic carbocycles. The Bertz CT molecular complexity index is 1020. The van der Waals surface area contributed by atoms with E-state index in [-0.39, 0.29) is 5.41 Å². The first-order valence-electron chi connectivity index (χ1n) is 8.66. The van der Waals surface area contributed by atoms with Crippen LogP contribution in [0.5, 0.6) is 0 Å². The van der Waals surface area contributed by atoms with E-state index in [1.54, 1.807) is 0 Å². The van der Waals surface area contributed by atoms with Gasteiger partial charge in [-0.15, -0.1) is 0 Å². The summed E-state index contributed by atoms with van der Waals surface area (Å²) in [4.78, 5) is 4.67. The molecule has 0 amide bonds. The lowest BCUT2D eigenvalue weighted by Crippen LogP contribution is -2.18. The Morgan fingerprint density at radius 3 is 2.12 bits per heavy atom. The molecule has 0 radical (unpaired) electrons. The van der Waals surface area contributed by atoms with Gasteiger partial charge >= 0.3 is 0 Å². The van der Waals surface area contributed by atoms with Crippen molar-refractivity contribution >= 4 is 10.8 Å². The molecule has 0 unspecified atom stereocenters. The van der Waals surface area contributed by atoms with Crippen LogP contribution in [0.3, 0.4) is 0 Å². The maximum absolute atomic E-state index is 4.67. The molecule has 0 bridgehead atoms. The van der Waals surface area contributed by atoms with Crippen molar-refractivity contribution in [3.8, 4) is 11.3 Å². The first-order valence-corrected chi connectivity index (χ1v) is 8.66. The Kier molecular flexibility index (Phi) is 3.85. The second-order valence-corrected chi connectivity index (χ2v) is 6.99. The second-order valence-electron chi connectivity index (χ2n) is 6.99. The lowest BCUT2D eigenvalue weighted by molar-refractivity contribution is 0.641. The van der Waals surface area contributed by atoms with E-state index in [2.05, 4.69) is 97.7 Å². The summed E-state index contributed by atoms with van der Waals surface area (Å²) < 4.78 is 0. The number of hydrogen-bond donors (Lipinski definition) is 0. The standard InChI is InChI=1S/C24H21N/c1-24(2,21-12-4-3-5-13-21)22-14-8-11-19(15-22)23-16-18-9-6-7-10-20(18)17-25-23/h3-17H,1-2H3. The van der Waals surface area contributed by atoms with Crippen molar-refractivity contribution in [1.82, 2.24) is 4.98 Å². The molecule has 4 rings (SSSR count). The molecule has 0 atom stereocenters. The summed E-state index contributed by atoms with van der Waals surface area (Å²) in [6, 6.07) is 29.9. The number of aromatic nitrogens is 1. The van der Waals surface area contributed by atoms with Gasteiger partial charge in [-0.1, -0.05) is 86.6 Å². The highest BCUT2D eigenvalue weighted by atomic mass is 14.7. The summed E-state index contributed by atoms with van der Waals surface area (Å²) >= 11 is 0. The van der Waals surface area contributed by atoms with Crippen LogP contribution < -0.4 is 0 Å². The zero-order valence-corrected chi connectivity index (χ0v) is 14.6. The zero-order chi connectivity index (χ0) is 17.3. The average molecular weight is 323 g/mol. The number of hydrogen-bond acceptors (Lipinski definition) is 1. The molecule has 4 aromatic rings. The molecule has 0 spiro atoms. The van der Waals surface area contributed by atoms with E-state index in [0.717, 1.165) is 11.3 Å². The van der Waals surface area contributed by atoms with Crippen molar-refractivity contribution in [3.63, 3.8) is 0 Å². The summed E-state index contributed by atoms with van der Waals surface area (Å²) in [5.74, 6) is 0. The molecular formula is C24H21N. The summed E-state index contributed by atoms with van der Waals surface area (Å²) in [6.07, 6.45) is 1.96. The number of benzene rings is 3. The molecule has 0 fully saturated rings. The van der Waals surface area contributed by atoms with Gasteiger partial charge in [-0.25, -0.2) is 0 Å². The van der Waals surface area contributed by atoms with Crippen molar-refractivity contribution < 1.29 is 0 Å². The molecule has 122 valence electrons. The predicted octanol–water partition coefficient (Wildman–Crippen LogP) is 6.23. The van der Waals surface area contributed by atoms with E-state index < -0.39 is 0 Å². The summed E-state index contributed by atoms with van der Waals surface area (Å²) in [6.45, 7) is 4.55. The predicted molar refractivity (Wildman–Crippen MR) is 106 cm³/mol. The van der Waals surface area contributed by atoms with Gasteiger partial charge in [-0.05, 0) is 28.6 Å². The van der Waals surface area contributed by atoms with Crippen LogP contribution in [-0.4, -0.2) is 4.98 Å². The van der Waals surface area contributed by atoms with Gasteiger partial charge in [0.1, 0.15) is 0 Å². The molecule has 1 aromatic heterocycles. The van der Waals surface area contributed by atoms with E-state index in [1.807, 2.05) is 12.3 Å². The number of rotatable bonds is 3. The molecule has 3 aromatic carbocycles. The molecule has 0 N–H and O–H groups in total. The van der Waals surface area contributed by atoms with Gasteiger partial charge in [-0.2, -0.15) is 0 Å². The summed E-state index contributed by atoms with van der Waals surface area (Å²) in [7, 11) is 0. The normalized spacial score (nSPS) is 11.6. The number of pyridine rings is 1. The molecule has 0 saturated carbocycles. The minimum absolute atomic E-state index is 0.0475. The van der Waals surface area contributed by atoms with E-state index in [4.69, 9.17) is 0 Å². The maximum atomic E-state index is 4.67. The van der Waals surface area contributed by atoms with Crippen LogP contribution >= 0.6 is 0 Å². The van der Waals surface area contributed by atoms with Crippen LogP contribution in [0.25, 0.3) is 22.0 Å². The van der Waals surface area contributed by atoms with Gasteiger partial charge < -0.3 is 0 Å². The largest absolute Gasteiger partial charge is 0.256 e. The van der Waals surface area contributed by atoms with Crippen molar-refractivity contribution in [2.24, 2.45) is 0 Å². The molecule has 0 saturated heterocycles. The molecule has 25 heavy (non-hydrogen) atoms. The monoisotopic (exact) mass is 323 g/mol. The minimum Gasteiger partial charge on any atom is -0.256 e. The van der Waals surface area contributed by atoms with Crippen LogP contribution in [-0.2, 0) is 5.41 Å². The van der Waals surface area contributed by atoms with Crippen molar-refractivity contribution in [1.29, 1.82) is 0 Å². The van der Waals surface area contributed by atoms with Crippen molar-refractivity contribution in [2.45, 2.75) is 19.3 Å². The highest BCUT2D eigenvalue weighted by Gasteiger charge is 2.23. The number of fused-ring (bicyclic) bond motifs is 1. The maximum Gasteiger partial charge on any atom is 0.0708 e. The van der Waals surface area contributed by atoms with E-state index >= 15 is 0 Å². The highest BCUT2D eigenvalue weighted by molar-refractivity contribution is 5.85. The Balaban J connectivity index is 1.78. The fraction of sp³-hybridized carbons (Fsp3) is 0.125. The third-order valence-electron chi connectivity index (χ3n) is 5.01. The SMILES string of the molecule is CC(C)(c1ccccc1)c1cccc(-c2cc3ccccc3cn2)c1. The van der Waals surface area contributed by atoms with Crippen LogP contribution in [0.1, 0.15) is 25.0 Å². The molecule has 0 aliphatic rings. The minimum atomic E-state index is -0.0475. The molecule has 1 heteroatoms. The smallest absolute Gasteiger partial charge is 0.0708 e. The molecule has 1 heterocycles. The first-order chi connectivity index (χ1) is 12.1. The molecule has 1 nitrogen and oxygen atoms in total. The second kappa shape index (κ2) is 6.18. The number of nitrogens with zero attached hydrogens (tertiary/aromatic N) is 1. The third kappa shape index (κ3) is 2.94. The topological polar surface area (TPSA) is 12.9 Å². The molecular weight excluding hydrogens is 302 g/mol. The van der Waals surface area contributed by atoms with Gasteiger partial charge in [0, 0.05) is 22.6 Å². The van der Waals surface area contributed by atoms with Crippen LogP contribution in [0.4, 0.5) is 0 Å². The zero-order valence-electron chi connectivity index (χ0n) is 14.6. The van der Waals surface area contributed by atoms with Crippen LogP contribution in [0.2, 0.25) is 0 Å². The summed E-state index contributed by atoms with van der Waals surface area (Å²) in [5, 5.41) is 2.40. The Labute approximate surface area is 149 Å². The highest BCUT2D eigenvalue weighted by Crippen LogP contribution is 2.33. The Morgan fingerprint density at radius 1 is 0.640 bits per heavy atom. The van der Waals surface area contributed by atoms with Gasteiger partial charge in [0.05, 0.1) is 5.69 Å². The van der Waals surface area contributed by atoms with Gasteiger partial charge in [0.15, 0.2) is 0 Å². The van der Waals surface area contributed by atoms with Crippen molar-refractivity contribution in [2.75, 3.05) is 0 Å². The lowest BCUT2D eigenvalue weighted by atomic mass is 9.77. The average Bonchev–Trinajstić information content (AvgIpc) is 2.68. The third-order valence-corrected chi connectivity index (χ3v) is 5.01. The van der Waals surface area contributed by atoms with Gasteiger partial charge in [0.25, 0.3) is 0 Å².